The van der Waals surface area contributed by atoms with E-state index in [4.69, 9.17) is 23.2 Å². The van der Waals surface area contributed by atoms with Gasteiger partial charge in [-0.2, -0.15) is 0 Å². The Hall–Kier alpha value is 0.500. The van der Waals surface area contributed by atoms with Crippen molar-refractivity contribution < 1.29 is 0 Å². The normalized spacial score (nSPS) is 11.5. The van der Waals surface area contributed by atoms with E-state index in [1.807, 2.05) is 5.01 Å². The molecule has 0 spiro atoms. The van der Waals surface area contributed by atoms with E-state index in [0.717, 1.165) is 13.1 Å². The van der Waals surface area contributed by atoms with Gasteiger partial charge in [-0.15, -0.1) is 23.2 Å². The van der Waals surface area contributed by atoms with Crippen molar-refractivity contribution in [1.82, 2.24) is 10.4 Å². The van der Waals surface area contributed by atoms with E-state index in [-0.39, 0.29) is 0 Å². The summed E-state index contributed by atoms with van der Waals surface area (Å²) in [5.41, 5.74) is 3.25. The van der Waals surface area contributed by atoms with Crippen molar-refractivity contribution in [3.05, 3.63) is 0 Å². The number of hydrazine groups is 1. The second-order valence-electron chi connectivity index (χ2n) is 2.65. The maximum atomic E-state index is 5.59. The smallest absolute Gasteiger partial charge is 0.0365 e. The lowest BCUT2D eigenvalue weighted by Crippen LogP contribution is -2.44. The highest BCUT2D eigenvalue weighted by Gasteiger charge is 2.03. The summed E-state index contributed by atoms with van der Waals surface area (Å²) in [6.45, 7) is 5.86. The number of nitrogens with zero attached hydrogens (tertiary/aromatic N) is 1. The molecule has 0 amide bonds. The Bertz CT molecular complexity index is 82.5. The summed E-state index contributed by atoms with van der Waals surface area (Å²) >= 11 is 11.2. The Labute approximate surface area is 78.8 Å². The van der Waals surface area contributed by atoms with Crippen LogP contribution in [0.1, 0.15) is 13.8 Å². The molecule has 0 radical (unpaired) electrons. The molecule has 11 heavy (non-hydrogen) atoms. The van der Waals surface area contributed by atoms with Gasteiger partial charge in [0.25, 0.3) is 0 Å². The number of hydrogen-bond donors (Lipinski definition) is 1. The van der Waals surface area contributed by atoms with Crippen molar-refractivity contribution in [2.45, 2.75) is 19.9 Å². The Morgan fingerprint density at radius 3 is 1.91 bits per heavy atom. The fourth-order valence-electron chi connectivity index (χ4n) is 0.810. The third kappa shape index (κ3) is 6.88. The Morgan fingerprint density at radius 2 is 1.64 bits per heavy atom. The van der Waals surface area contributed by atoms with Crippen LogP contribution in [-0.4, -0.2) is 35.9 Å². The highest BCUT2D eigenvalue weighted by Crippen LogP contribution is 1.89. The van der Waals surface area contributed by atoms with Crippen molar-refractivity contribution in [1.29, 1.82) is 0 Å². The van der Waals surface area contributed by atoms with Crippen LogP contribution in [0.25, 0.3) is 0 Å². The largest absolute Gasteiger partial charge is 0.253 e. The molecule has 0 aliphatic carbocycles. The van der Waals surface area contributed by atoms with Crippen molar-refractivity contribution in [2.24, 2.45) is 0 Å². The molecule has 4 heteroatoms. The molecule has 0 saturated carbocycles. The molecule has 0 aliphatic rings. The van der Waals surface area contributed by atoms with Gasteiger partial charge in [-0.05, 0) is 13.8 Å². The SMILES string of the molecule is CC(C)NN(CCCl)CCCl. The predicted octanol–water partition coefficient (Wildman–Crippen LogP) is 1.68. The second kappa shape index (κ2) is 7.17. The van der Waals surface area contributed by atoms with Gasteiger partial charge >= 0.3 is 0 Å². The molecule has 0 rings (SSSR count). The summed E-state index contributed by atoms with van der Waals surface area (Å²) in [5, 5.41) is 2.05. The zero-order valence-electron chi connectivity index (χ0n) is 7.11. The van der Waals surface area contributed by atoms with E-state index < -0.39 is 0 Å². The molecule has 0 saturated heterocycles. The Morgan fingerprint density at radius 1 is 1.18 bits per heavy atom. The standard InChI is InChI=1S/C7H16Cl2N2/c1-7(2)10-11(5-3-8)6-4-9/h7,10H,3-6H2,1-2H3. The van der Waals surface area contributed by atoms with Crippen LogP contribution in [0, 0.1) is 0 Å². The first-order chi connectivity index (χ1) is 5.20. The summed E-state index contributed by atoms with van der Waals surface area (Å²) in [6.07, 6.45) is 0. The molecule has 0 aromatic carbocycles. The molecule has 68 valence electrons. The van der Waals surface area contributed by atoms with Gasteiger partial charge in [0.2, 0.25) is 0 Å². The molecule has 0 fully saturated rings. The van der Waals surface area contributed by atoms with Gasteiger partial charge in [0.15, 0.2) is 0 Å². The number of hydrogen-bond acceptors (Lipinski definition) is 2. The van der Waals surface area contributed by atoms with Crippen LogP contribution in [0.15, 0.2) is 0 Å². The average Bonchev–Trinajstić information content (AvgIpc) is 1.87. The molecule has 0 bridgehead atoms. The molecule has 0 aliphatic heterocycles. The van der Waals surface area contributed by atoms with Crippen molar-refractivity contribution in [2.75, 3.05) is 24.8 Å². The first kappa shape index (κ1) is 11.5. The summed E-state index contributed by atoms with van der Waals surface area (Å²) in [4.78, 5) is 0. The van der Waals surface area contributed by atoms with Gasteiger partial charge in [-0.1, -0.05) is 0 Å². The van der Waals surface area contributed by atoms with E-state index in [9.17, 15) is 0 Å². The zero-order chi connectivity index (χ0) is 8.69. The minimum Gasteiger partial charge on any atom is -0.253 e. The highest BCUT2D eigenvalue weighted by atomic mass is 35.5. The minimum atomic E-state index is 0.446. The summed E-state index contributed by atoms with van der Waals surface area (Å²) in [5.74, 6) is 1.27. The second-order valence-corrected chi connectivity index (χ2v) is 3.40. The lowest BCUT2D eigenvalue weighted by Gasteiger charge is -2.23. The van der Waals surface area contributed by atoms with E-state index in [0.29, 0.717) is 17.8 Å². The molecule has 0 aromatic rings. The third-order valence-electron chi connectivity index (χ3n) is 1.15. The van der Waals surface area contributed by atoms with E-state index in [2.05, 4.69) is 19.3 Å². The number of nitrogens with one attached hydrogen (secondary N) is 1. The first-order valence-electron chi connectivity index (χ1n) is 3.83. The van der Waals surface area contributed by atoms with Gasteiger partial charge < -0.3 is 0 Å². The predicted molar refractivity (Wildman–Crippen MR) is 51.3 cm³/mol. The maximum Gasteiger partial charge on any atom is 0.0365 e. The lowest BCUT2D eigenvalue weighted by molar-refractivity contribution is 0.189. The molecule has 1 N–H and O–H groups in total. The van der Waals surface area contributed by atoms with Crippen molar-refractivity contribution >= 4 is 23.2 Å². The van der Waals surface area contributed by atoms with Gasteiger partial charge in [-0.25, -0.2) is 5.01 Å². The number of rotatable bonds is 6. The van der Waals surface area contributed by atoms with Crippen LogP contribution in [-0.2, 0) is 0 Å². The summed E-state index contributed by atoms with van der Waals surface area (Å²) in [6, 6.07) is 0.446. The van der Waals surface area contributed by atoms with E-state index in [1.165, 1.54) is 0 Å². The molecule has 0 aromatic heterocycles. The highest BCUT2D eigenvalue weighted by molar-refractivity contribution is 6.18. The summed E-state index contributed by atoms with van der Waals surface area (Å²) < 4.78 is 0. The van der Waals surface area contributed by atoms with E-state index >= 15 is 0 Å². The van der Waals surface area contributed by atoms with Crippen molar-refractivity contribution in [3.63, 3.8) is 0 Å². The van der Waals surface area contributed by atoms with Crippen LogP contribution in [0.5, 0.6) is 0 Å². The molecule has 0 unspecified atom stereocenters. The third-order valence-corrected chi connectivity index (χ3v) is 1.49. The molecule has 0 atom stereocenters. The molecular formula is C7H16Cl2N2. The average molecular weight is 199 g/mol. The quantitative estimate of drug-likeness (QED) is 0.517. The minimum absolute atomic E-state index is 0.446. The maximum absolute atomic E-state index is 5.59. The van der Waals surface area contributed by atoms with Gasteiger partial charge in [-0.3, -0.25) is 5.43 Å². The fourth-order valence-corrected chi connectivity index (χ4v) is 1.22. The molecule has 2 nitrogen and oxygen atoms in total. The van der Waals surface area contributed by atoms with Gasteiger partial charge in [0.05, 0.1) is 0 Å². The van der Waals surface area contributed by atoms with E-state index in [1.54, 1.807) is 0 Å². The van der Waals surface area contributed by atoms with Crippen LogP contribution in [0.3, 0.4) is 0 Å². The number of alkyl halides is 2. The monoisotopic (exact) mass is 198 g/mol. The van der Waals surface area contributed by atoms with Crippen LogP contribution >= 0.6 is 23.2 Å². The lowest BCUT2D eigenvalue weighted by atomic mass is 10.4. The zero-order valence-corrected chi connectivity index (χ0v) is 8.62. The summed E-state index contributed by atoms with van der Waals surface area (Å²) in [7, 11) is 0. The van der Waals surface area contributed by atoms with Crippen LogP contribution < -0.4 is 5.43 Å². The fraction of sp³-hybridized carbons (Fsp3) is 1.00. The molecule has 0 heterocycles. The van der Waals surface area contributed by atoms with Gasteiger partial charge in [0.1, 0.15) is 0 Å². The van der Waals surface area contributed by atoms with Crippen LogP contribution in [0.2, 0.25) is 0 Å². The van der Waals surface area contributed by atoms with Crippen LogP contribution in [0.4, 0.5) is 0 Å². The Balaban J connectivity index is 3.50. The topological polar surface area (TPSA) is 15.3 Å². The van der Waals surface area contributed by atoms with Gasteiger partial charge in [0, 0.05) is 30.9 Å². The first-order valence-corrected chi connectivity index (χ1v) is 4.90. The Kier molecular flexibility index (Phi) is 7.49. The van der Waals surface area contributed by atoms with Crippen molar-refractivity contribution in [3.8, 4) is 0 Å². The molecular weight excluding hydrogens is 183 g/mol. The number of halogens is 2.